The minimum Gasteiger partial charge on any atom is -0.212 e. The fraction of sp³-hybridized carbons (Fsp3) is 0.375. The van der Waals surface area contributed by atoms with E-state index in [1.165, 1.54) is 4.88 Å². The second kappa shape index (κ2) is 6.71. The van der Waals surface area contributed by atoms with E-state index in [-0.39, 0.29) is 11.8 Å². The van der Waals surface area contributed by atoms with Crippen molar-refractivity contribution in [2.45, 2.75) is 31.1 Å². The molecule has 6 heteroatoms. The zero-order chi connectivity index (χ0) is 15.6. The summed E-state index contributed by atoms with van der Waals surface area (Å²) in [6, 6.07) is 11.4. The monoisotopic (exact) mass is 355 g/mol. The van der Waals surface area contributed by atoms with Gasteiger partial charge in [-0.25, -0.2) is 8.42 Å². The number of rotatable bonds is 7. The first-order chi connectivity index (χ1) is 10.6. The summed E-state index contributed by atoms with van der Waals surface area (Å²) in [4.78, 5) is 1.22. The molecule has 0 bridgehead atoms. The van der Waals surface area contributed by atoms with Crippen molar-refractivity contribution in [1.82, 2.24) is 4.31 Å². The number of sulfonamides is 1. The van der Waals surface area contributed by atoms with Crippen molar-refractivity contribution in [3.8, 4) is 0 Å². The first kappa shape index (κ1) is 16.0. The molecule has 1 heterocycles. The van der Waals surface area contributed by atoms with Gasteiger partial charge in [-0.1, -0.05) is 35.9 Å². The molecule has 0 amide bonds. The molecule has 2 aromatic rings. The lowest BCUT2D eigenvalue weighted by atomic mass is 10.2. The number of thiophene rings is 1. The molecule has 0 radical (unpaired) electrons. The van der Waals surface area contributed by atoms with E-state index in [0.29, 0.717) is 17.1 Å². The van der Waals surface area contributed by atoms with Gasteiger partial charge >= 0.3 is 0 Å². The molecule has 0 atom stereocenters. The van der Waals surface area contributed by atoms with Crippen LogP contribution in [0.3, 0.4) is 0 Å². The van der Waals surface area contributed by atoms with E-state index in [1.54, 1.807) is 27.8 Å². The summed E-state index contributed by atoms with van der Waals surface area (Å²) in [6.45, 7) is 0.554. The average Bonchev–Trinajstić information content (AvgIpc) is 3.16. The molecule has 0 aliphatic heterocycles. The number of hydrogen-bond donors (Lipinski definition) is 0. The fourth-order valence-electron chi connectivity index (χ4n) is 2.48. The van der Waals surface area contributed by atoms with Crippen molar-refractivity contribution in [2.24, 2.45) is 0 Å². The molecule has 0 unspecified atom stereocenters. The lowest BCUT2D eigenvalue weighted by Crippen LogP contribution is -2.35. The average molecular weight is 356 g/mol. The quantitative estimate of drug-likeness (QED) is 0.754. The molecule has 0 spiro atoms. The van der Waals surface area contributed by atoms with Crippen LogP contribution >= 0.6 is 22.9 Å². The number of nitrogens with zero attached hydrogens (tertiary/aromatic N) is 1. The lowest BCUT2D eigenvalue weighted by Gasteiger charge is -2.22. The Hall–Kier alpha value is -0.880. The molecule has 1 saturated carbocycles. The van der Waals surface area contributed by atoms with Crippen LogP contribution in [-0.2, 0) is 22.2 Å². The predicted molar refractivity (Wildman–Crippen MR) is 91.8 cm³/mol. The normalized spacial score (nSPS) is 15.4. The van der Waals surface area contributed by atoms with Crippen molar-refractivity contribution in [3.63, 3.8) is 0 Å². The van der Waals surface area contributed by atoms with Crippen molar-refractivity contribution in [3.05, 3.63) is 57.2 Å². The summed E-state index contributed by atoms with van der Waals surface area (Å²) < 4.78 is 27.2. The maximum Gasteiger partial charge on any atom is 0.218 e. The van der Waals surface area contributed by atoms with Gasteiger partial charge in [-0.3, -0.25) is 0 Å². The standard InChI is InChI=1S/C16H18ClNO2S2/c17-16-6-2-1-4-13(16)12-22(19,20)18(14-7-8-14)10-9-15-5-3-11-21-15/h1-6,11,14H,7-10,12H2. The van der Waals surface area contributed by atoms with E-state index in [2.05, 4.69) is 6.07 Å². The Morgan fingerprint density at radius 2 is 1.95 bits per heavy atom. The SMILES string of the molecule is O=S(=O)(Cc1ccccc1Cl)N(CCc1cccs1)C1CC1. The Balaban J connectivity index is 1.73. The van der Waals surface area contributed by atoms with Gasteiger partial charge in [0.25, 0.3) is 0 Å². The Morgan fingerprint density at radius 1 is 1.18 bits per heavy atom. The van der Waals surface area contributed by atoms with Crippen molar-refractivity contribution in [2.75, 3.05) is 6.54 Å². The lowest BCUT2D eigenvalue weighted by molar-refractivity contribution is 0.407. The number of hydrogen-bond acceptors (Lipinski definition) is 3. The van der Waals surface area contributed by atoms with Gasteiger partial charge in [0, 0.05) is 22.5 Å². The van der Waals surface area contributed by atoms with Crippen LogP contribution in [0, 0.1) is 0 Å². The maximum absolute atomic E-state index is 12.8. The third kappa shape index (κ3) is 3.90. The molecule has 1 aliphatic carbocycles. The molecule has 1 fully saturated rings. The third-order valence-corrected chi connectivity index (χ3v) is 6.94. The van der Waals surface area contributed by atoms with Gasteiger partial charge in [-0.15, -0.1) is 11.3 Å². The minimum atomic E-state index is -3.33. The summed E-state index contributed by atoms with van der Waals surface area (Å²) in [5.74, 6) is -0.0202. The smallest absolute Gasteiger partial charge is 0.212 e. The maximum atomic E-state index is 12.8. The molecule has 1 aromatic heterocycles. The van der Waals surface area contributed by atoms with Gasteiger partial charge in [-0.2, -0.15) is 4.31 Å². The molecular formula is C16H18ClNO2S2. The van der Waals surface area contributed by atoms with E-state index in [1.807, 2.05) is 23.6 Å². The molecule has 1 aromatic carbocycles. The molecule has 3 nitrogen and oxygen atoms in total. The highest BCUT2D eigenvalue weighted by molar-refractivity contribution is 7.88. The van der Waals surface area contributed by atoms with Gasteiger partial charge in [0.1, 0.15) is 0 Å². The van der Waals surface area contributed by atoms with Crippen LogP contribution in [0.4, 0.5) is 0 Å². The second-order valence-electron chi connectivity index (χ2n) is 5.52. The molecule has 0 N–H and O–H groups in total. The molecule has 1 aliphatic rings. The van der Waals surface area contributed by atoms with E-state index in [0.717, 1.165) is 19.3 Å². The van der Waals surface area contributed by atoms with Crippen LogP contribution in [0.15, 0.2) is 41.8 Å². The van der Waals surface area contributed by atoms with Crippen LogP contribution in [-0.4, -0.2) is 25.3 Å². The zero-order valence-corrected chi connectivity index (χ0v) is 14.5. The largest absolute Gasteiger partial charge is 0.218 e. The second-order valence-corrected chi connectivity index (χ2v) is 8.88. The van der Waals surface area contributed by atoms with Gasteiger partial charge < -0.3 is 0 Å². The van der Waals surface area contributed by atoms with Crippen molar-refractivity contribution in [1.29, 1.82) is 0 Å². The highest BCUT2D eigenvalue weighted by Gasteiger charge is 2.37. The first-order valence-corrected chi connectivity index (χ1v) is 10.2. The summed E-state index contributed by atoms with van der Waals surface area (Å²) in [5.41, 5.74) is 0.672. The number of benzene rings is 1. The van der Waals surface area contributed by atoms with E-state index in [9.17, 15) is 8.42 Å². The predicted octanol–water partition coefficient (Wildman–Crippen LogP) is 3.94. The topological polar surface area (TPSA) is 37.4 Å². The molecule has 0 saturated heterocycles. The van der Waals surface area contributed by atoms with Crippen LogP contribution in [0.5, 0.6) is 0 Å². The Morgan fingerprint density at radius 3 is 2.59 bits per heavy atom. The van der Waals surface area contributed by atoms with Gasteiger partial charge in [0.2, 0.25) is 10.0 Å². The van der Waals surface area contributed by atoms with Crippen molar-refractivity contribution < 1.29 is 8.42 Å². The summed E-state index contributed by atoms with van der Waals surface area (Å²) >= 11 is 7.78. The fourth-order valence-corrected chi connectivity index (χ4v) is 5.31. The first-order valence-electron chi connectivity index (χ1n) is 7.31. The summed E-state index contributed by atoms with van der Waals surface area (Å²) in [7, 11) is -3.33. The van der Waals surface area contributed by atoms with E-state index >= 15 is 0 Å². The highest BCUT2D eigenvalue weighted by Crippen LogP contribution is 2.31. The molecule has 118 valence electrons. The number of halogens is 1. The minimum absolute atomic E-state index is 0.0202. The zero-order valence-electron chi connectivity index (χ0n) is 12.1. The summed E-state index contributed by atoms with van der Waals surface area (Å²) in [6.07, 6.45) is 2.70. The van der Waals surface area contributed by atoms with E-state index < -0.39 is 10.0 Å². The van der Waals surface area contributed by atoms with Crippen LogP contribution in [0.2, 0.25) is 5.02 Å². The van der Waals surface area contributed by atoms with Gasteiger partial charge in [0.05, 0.1) is 5.75 Å². The van der Waals surface area contributed by atoms with E-state index in [4.69, 9.17) is 11.6 Å². The summed E-state index contributed by atoms with van der Waals surface area (Å²) in [5, 5.41) is 2.54. The Labute approximate surface area is 140 Å². The third-order valence-electron chi connectivity index (χ3n) is 3.77. The highest BCUT2D eigenvalue weighted by atomic mass is 35.5. The van der Waals surface area contributed by atoms with Crippen LogP contribution in [0.25, 0.3) is 0 Å². The van der Waals surface area contributed by atoms with Crippen LogP contribution in [0.1, 0.15) is 23.3 Å². The van der Waals surface area contributed by atoms with Crippen molar-refractivity contribution >= 4 is 33.0 Å². The molecule has 3 rings (SSSR count). The molecule has 22 heavy (non-hydrogen) atoms. The van der Waals surface area contributed by atoms with Crippen LogP contribution < -0.4 is 0 Å². The Bertz CT molecular complexity index is 724. The van der Waals surface area contributed by atoms with Gasteiger partial charge in [0.15, 0.2) is 0 Å². The van der Waals surface area contributed by atoms with Gasteiger partial charge in [-0.05, 0) is 42.3 Å². The Kier molecular flexibility index (Phi) is 4.88. The molecular weight excluding hydrogens is 338 g/mol.